The summed E-state index contributed by atoms with van der Waals surface area (Å²) in [6, 6.07) is 29.0. The fourth-order valence-corrected chi connectivity index (χ4v) is 9.11. The van der Waals surface area contributed by atoms with Crippen LogP contribution in [0.15, 0.2) is 97.5 Å². The lowest BCUT2D eigenvalue weighted by atomic mass is 10.1. The Hall–Kier alpha value is -4.22. The van der Waals surface area contributed by atoms with Gasteiger partial charge in [-0.15, -0.1) is 0 Å². The standard InChI is InChI=1S/C32H28N4Si/c1-21-9-13-26-30(17-21)37(3,4)31-18-22(2)10-14-27(31)35(26)23-11-12-25-29(19-23)36(24-7-5-15-33-20-24)28-8-6-16-34-32(25)28/h5-20H,1-4H3. The molecule has 3 aromatic carbocycles. The number of rotatable bonds is 2. The minimum atomic E-state index is -1.88. The zero-order chi connectivity index (χ0) is 25.3. The van der Waals surface area contributed by atoms with Crippen LogP contribution in [-0.2, 0) is 0 Å². The first kappa shape index (κ1) is 22.0. The second kappa shape index (κ2) is 7.89. The van der Waals surface area contributed by atoms with Crippen molar-refractivity contribution in [3.05, 3.63) is 109 Å². The Morgan fingerprint density at radius 2 is 1.38 bits per heavy atom. The maximum absolute atomic E-state index is 4.76. The molecule has 3 aromatic heterocycles. The molecule has 0 N–H and O–H groups in total. The monoisotopic (exact) mass is 496 g/mol. The zero-order valence-electron chi connectivity index (χ0n) is 21.5. The van der Waals surface area contributed by atoms with E-state index in [9.17, 15) is 0 Å². The van der Waals surface area contributed by atoms with E-state index in [1.54, 1.807) is 0 Å². The summed E-state index contributed by atoms with van der Waals surface area (Å²) in [7, 11) is -1.88. The summed E-state index contributed by atoms with van der Waals surface area (Å²) in [6.07, 6.45) is 5.61. The van der Waals surface area contributed by atoms with E-state index < -0.39 is 8.07 Å². The van der Waals surface area contributed by atoms with Crippen molar-refractivity contribution in [2.45, 2.75) is 26.9 Å². The van der Waals surface area contributed by atoms with Crippen molar-refractivity contribution in [1.82, 2.24) is 14.5 Å². The van der Waals surface area contributed by atoms with E-state index in [1.165, 1.54) is 32.9 Å². The minimum Gasteiger partial charge on any atom is -0.311 e. The van der Waals surface area contributed by atoms with Crippen LogP contribution in [0.5, 0.6) is 0 Å². The quantitative estimate of drug-likeness (QED) is 0.247. The van der Waals surface area contributed by atoms with Crippen molar-refractivity contribution in [2.24, 2.45) is 0 Å². The second-order valence-corrected chi connectivity index (χ2v) is 14.9. The zero-order valence-corrected chi connectivity index (χ0v) is 22.5. The van der Waals surface area contributed by atoms with Crippen molar-refractivity contribution in [3.8, 4) is 5.69 Å². The molecule has 1 aliphatic heterocycles. The molecule has 0 unspecified atom stereocenters. The van der Waals surface area contributed by atoms with Crippen LogP contribution < -0.4 is 15.3 Å². The van der Waals surface area contributed by atoms with Crippen LogP contribution in [0.4, 0.5) is 17.1 Å². The average molecular weight is 497 g/mol. The largest absolute Gasteiger partial charge is 0.311 e. The number of aryl methyl sites for hydroxylation is 2. The fraction of sp³-hybridized carbons (Fsp3) is 0.125. The van der Waals surface area contributed by atoms with Gasteiger partial charge in [-0.05, 0) is 78.8 Å². The van der Waals surface area contributed by atoms with Crippen LogP contribution >= 0.6 is 0 Å². The van der Waals surface area contributed by atoms with E-state index in [0.29, 0.717) is 0 Å². The van der Waals surface area contributed by atoms with E-state index in [1.807, 2.05) is 30.7 Å². The average Bonchev–Trinajstić information content (AvgIpc) is 3.24. The van der Waals surface area contributed by atoms with Crippen LogP contribution in [0, 0.1) is 13.8 Å². The van der Waals surface area contributed by atoms with Gasteiger partial charge < -0.3 is 9.47 Å². The summed E-state index contributed by atoms with van der Waals surface area (Å²) in [5.74, 6) is 0. The van der Waals surface area contributed by atoms with Crippen LogP contribution in [0.25, 0.3) is 27.6 Å². The molecule has 4 heterocycles. The molecule has 4 nitrogen and oxygen atoms in total. The number of anilines is 3. The van der Waals surface area contributed by atoms with Crippen LogP contribution in [0.2, 0.25) is 13.1 Å². The Balaban J connectivity index is 1.55. The number of hydrogen-bond acceptors (Lipinski definition) is 3. The molecular formula is C32H28N4Si. The Morgan fingerprint density at radius 3 is 2.05 bits per heavy atom. The fourth-order valence-electron chi connectivity index (χ4n) is 5.97. The molecular weight excluding hydrogens is 468 g/mol. The lowest BCUT2D eigenvalue weighted by Crippen LogP contribution is -2.58. The van der Waals surface area contributed by atoms with Crippen molar-refractivity contribution in [3.63, 3.8) is 0 Å². The number of hydrogen-bond donors (Lipinski definition) is 0. The highest BCUT2D eigenvalue weighted by Crippen LogP contribution is 2.41. The topological polar surface area (TPSA) is 34.0 Å². The Morgan fingerprint density at radius 1 is 0.676 bits per heavy atom. The van der Waals surface area contributed by atoms with Gasteiger partial charge in [0, 0.05) is 34.8 Å². The van der Waals surface area contributed by atoms with Gasteiger partial charge in [0.15, 0.2) is 0 Å². The first-order valence-electron chi connectivity index (χ1n) is 12.8. The summed E-state index contributed by atoms with van der Waals surface area (Å²) in [5, 5.41) is 4.11. The van der Waals surface area contributed by atoms with Gasteiger partial charge in [0.1, 0.15) is 8.07 Å². The maximum atomic E-state index is 4.76. The highest BCUT2D eigenvalue weighted by Gasteiger charge is 2.38. The normalized spacial score (nSPS) is 14.1. The number of benzene rings is 3. The molecule has 0 saturated carbocycles. The highest BCUT2D eigenvalue weighted by molar-refractivity contribution is 7.02. The summed E-state index contributed by atoms with van der Waals surface area (Å²) in [5.41, 5.74) is 10.6. The van der Waals surface area contributed by atoms with Crippen molar-refractivity contribution < 1.29 is 0 Å². The molecule has 5 heteroatoms. The third-order valence-corrected chi connectivity index (χ3v) is 11.3. The molecule has 7 rings (SSSR count). The van der Waals surface area contributed by atoms with Gasteiger partial charge in [0.25, 0.3) is 0 Å². The summed E-state index contributed by atoms with van der Waals surface area (Å²) in [4.78, 5) is 11.6. The maximum Gasteiger partial charge on any atom is 0.117 e. The van der Waals surface area contributed by atoms with Crippen molar-refractivity contribution in [2.75, 3.05) is 4.90 Å². The second-order valence-electron chi connectivity index (χ2n) is 10.6. The highest BCUT2D eigenvalue weighted by atomic mass is 28.3. The molecule has 0 spiro atoms. The number of aromatic nitrogens is 3. The Bertz CT molecular complexity index is 1780. The number of fused-ring (bicyclic) bond motifs is 5. The van der Waals surface area contributed by atoms with Gasteiger partial charge >= 0.3 is 0 Å². The van der Waals surface area contributed by atoms with E-state index >= 15 is 0 Å². The van der Waals surface area contributed by atoms with Gasteiger partial charge in [-0.3, -0.25) is 9.97 Å². The lowest BCUT2D eigenvalue weighted by molar-refractivity contribution is 1.14. The molecule has 1 aliphatic rings. The molecule has 0 radical (unpaired) electrons. The van der Waals surface area contributed by atoms with E-state index in [4.69, 9.17) is 4.98 Å². The first-order chi connectivity index (χ1) is 17.9. The van der Waals surface area contributed by atoms with E-state index in [0.717, 1.165) is 33.3 Å². The molecule has 0 amide bonds. The molecule has 180 valence electrons. The number of pyridine rings is 2. The van der Waals surface area contributed by atoms with Gasteiger partial charge in [-0.2, -0.15) is 0 Å². The van der Waals surface area contributed by atoms with Crippen molar-refractivity contribution in [1.29, 1.82) is 0 Å². The molecule has 0 saturated heterocycles. The van der Waals surface area contributed by atoms with Crippen LogP contribution in [0.3, 0.4) is 0 Å². The third kappa shape index (κ3) is 3.20. The SMILES string of the molecule is Cc1ccc2c(c1)[Si](C)(C)c1cc(C)ccc1N2c1ccc2c3ncccc3n(-c3cccnc3)c2c1. The molecule has 0 bridgehead atoms. The Kier molecular flexibility index (Phi) is 4.69. The molecule has 0 aliphatic carbocycles. The summed E-state index contributed by atoms with van der Waals surface area (Å²) < 4.78 is 2.28. The Labute approximate surface area is 217 Å². The van der Waals surface area contributed by atoms with Crippen molar-refractivity contribution >= 4 is 57.4 Å². The summed E-state index contributed by atoms with van der Waals surface area (Å²) in [6.45, 7) is 9.37. The van der Waals surface area contributed by atoms with E-state index in [-0.39, 0.29) is 0 Å². The van der Waals surface area contributed by atoms with Crippen LogP contribution in [-0.4, -0.2) is 22.6 Å². The predicted octanol–water partition coefficient (Wildman–Crippen LogP) is 6.80. The minimum absolute atomic E-state index is 1.01. The van der Waals surface area contributed by atoms with Gasteiger partial charge in [0.05, 0.1) is 28.4 Å². The van der Waals surface area contributed by atoms with Gasteiger partial charge in [0.2, 0.25) is 0 Å². The number of nitrogens with zero attached hydrogens (tertiary/aromatic N) is 4. The summed E-state index contributed by atoms with van der Waals surface area (Å²) >= 11 is 0. The van der Waals surface area contributed by atoms with Crippen LogP contribution in [0.1, 0.15) is 11.1 Å². The molecule has 0 fully saturated rings. The van der Waals surface area contributed by atoms with E-state index in [2.05, 4.69) is 108 Å². The van der Waals surface area contributed by atoms with Gasteiger partial charge in [-0.25, -0.2) is 0 Å². The molecule has 0 atom stereocenters. The third-order valence-electron chi connectivity index (χ3n) is 7.80. The molecule has 37 heavy (non-hydrogen) atoms. The smallest absolute Gasteiger partial charge is 0.117 e. The molecule has 6 aromatic rings. The first-order valence-corrected chi connectivity index (χ1v) is 15.8. The predicted molar refractivity (Wildman–Crippen MR) is 157 cm³/mol. The van der Waals surface area contributed by atoms with Gasteiger partial charge in [-0.1, -0.05) is 48.5 Å². The lowest BCUT2D eigenvalue weighted by Gasteiger charge is -2.41.